The Morgan fingerprint density at radius 2 is 1.96 bits per heavy atom. The molecule has 24 heavy (non-hydrogen) atoms. The topological polar surface area (TPSA) is 79.2 Å². The number of hydrogen-bond donors (Lipinski definition) is 3. The van der Waals surface area contributed by atoms with Gasteiger partial charge in [-0.1, -0.05) is 36.4 Å². The summed E-state index contributed by atoms with van der Waals surface area (Å²) < 4.78 is 1.70. The molecule has 0 bridgehead atoms. The van der Waals surface area contributed by atoms with Crippen LogP contribution in [0.3, 0.4) is 0 Å². The third-order valence-corrected chi connectivity index (χ3v) is 3.97. The highest BCUT2D eigenvalue weighted by molar-refractivity contribution is 5.83. The number of amides is 2. The first-order chi connectivity index (χ1) is 11.6. The van der Waals surface area contributed by atoms with Gasteiger partial charge in [-0.2, -0.15) is 5.10 Å². The minimum Gasteiger partial charge on any atom is -0.387 e. The first-order valence-corrected chi connectivity index (χ1v) is 7.79. The smallest absolute Gasteiger partial charge is 0.315 e. The fourth-order valence-electron chi connectivity index (χ4n) is 2.53. The number of carbonyl (C=O) groups is 1. The normalized spacial score (nSPS) is 12.1. The molecule has 0 radical (unpaired) electrons. The molecular weight excluding hydrogens is 304 g/mol. The van der Waals surface area contributed by atoms with Crippen molar-refractivity contribution in [2.75, 3.05) is 6.54 Å². The lowest BCUT2D eigenvalue weighted by Gasteiger charge is -2.14. The van der Waals surface area contributed by atoms with E-state index in [0.717, 1.165) is 22.0 Å². The SMILES string of the molecule is Cn1nccc1CNC(=O)NCC(O)c1ccc2ccccc2c1. The molecule has 0 fully saturated rings. The molecule has 0 aliphatic heterocycles. The maximum Gasteiger partial charge on any atom is 0.315 e. The lowest BCUT2D eigenvalue weighted by atomic mass is 10.0. The molecule has 2 amide bonds. The van der Waals surface area contributed by atoms with Gasteiger partial charge in [0.2, 0.25) is 0 Å². The lowest BCUT2D eigenvalue weighted by Crippen LogP contribution is -2.37. The second-order valence-electron chi connectivity index (χ2n) is 5.63. The minimum absolute atomic E-state index is 0.148. The number of hydrogen-bond acceptors (Lipinski definition) is 3. The molecule has 1 heterocycles. The van der Waals surface area contributed by atoms with Crippen LogP contribution in [-0.4, -0.2) is 27.5 Å². The van der Waals surface area contributed by atoms with Gasteiger partial charge < -0.3 is 15.7 Å². The Balaban J connectivity index is 1.53. The van der Waals surface area contributed by atoms with Crippen LogP contribution >= 0.6 is 0 Å². The molecule has 0 spiro atoms. The third-order valence-electron chi connectivity index (χ3n) is 3.97. The lowest BCUT2D eigenvalue weighted by molar-refractivity contribution is 0.173. The van der Waals surface area contributed by atoms with Gasteiger partial charge in [0.15, 0.2) is 0 Å². The average molecular weight is 324 g/mol. The summed E-state index contributed by atoms with van der Waals surface area (Å²) in [6.45, 7) is 0.532. The van der Waals surface area contributed by atoms with E-state index in [1.165, 1.54) is 0 Å². The van der Waals surface area contributed by atoms with E-state index in [1.807, 2.05) is 55.6 Å². The van der Waals surface area contributed by atoms with Gasteiger partial charge in [-0.15, -0.1) is 0 Å². The predicted molar refractivity (Wildman–Crippen MR) is 92.4 cm³/mol. The molecule has 3 rings (SSSR count). The van der Waals surface area contributed by atoms with Gasteiger partial charge in [0.1, 0.15) is 0 Å². The third kappa shape index (κ3) is 3.72. The van der Waals surface area contributed by atoms with E-state index in [4.69, 9.17) is 0 Å². The Morgan fingerprint density at radius 3 is 2.71 bits per heavy atom. The molecule has 0 aliphatic rings. The summed E-state index contributed by atoms with van der Waals surface area (Å²) in [6, 6.07) is 15.3. The molecule has 3 N–H and O–H groups in total. The molecule has 2 aromatic carbocycles. The fraction of sp³-hybridized carbons (Fsp3) is 0.222. The Kier molecular flexibility index (Phi) is 4.77. The van der Waals surface area contributed by atoms with Gasteiger partial charge in [0.25, 0.3) is 0 Å². The van der Waals surface area contributed by atoms with Gasteiger partial charge in [-0.3, -0.25) is 4.68 Å². The quantitative estimate of drug-likeness (QED) is 0.672. The zero-order chi connectivity index (χ0) is 16.9. The van der Waals surface area contributed by atoms with Crippen LogP contribution in [0.5, 0.6) is 0 Å². The molecule has 6 nitrogen and oxygen atoms in total. The molecule has 0 aliphatic carbocycles. The van der Waals surface area contributed by atoms with E-state index >= 15 is 0 Å². The molecule has 124 valence electrons. The van der Waals surface area contributed by atoms with Gasteiger partial charge in [-0.25, -0.2) is 4.79 Å². The molecule has 0 saturated carbocycles. The van der Waals surface area contributed by atoms with Crippen LogP contribution in [0.4, 0.5) is 4.79 Å². The number of aromatic nitrogens is 2. The molecule has 3 aromatic rings. The maximum absolute atomic E-state index is 11.8. The first-order valence-electron chi connectivity index (χ1n) is 7.79. The van der Waals surface area contributed by atoms with Crippen molar-refractivity contribution in [3.05, 3.63) is 66.0 Å². The van der Waals surface area contributed by atoms with Crippen molar-refractivity contribution in [3.8, 4) is 0 Å². The first kappa shape index (κ1) is 16.0. The summed E-state index contributed by atoms with van der Waals surface area (Å²) in [6.07, 6.45) is 0.926. The summed E-state index contributed by atoms with van der Waals surface area (Å²) in [4.78, 5) is 11.8. The molecule has 1 unspecified atom stereocenters. The molecule has 6 heteroatoms. The van der Waals surface area contributed by atoms with Crippen LogP contribution in [0.1, 0.15) is 17.4 Å². The number of aliphatic hydroxyl groups is 1. The number of aryl methyl sites for hydroxylation is 1. The molecule has 1 aromatic heterocycles. The Hall–Kier alpha value is -2.86. The number of carbonyl (C=O) groups excluding carboxylic acids is 1. The average Bonchev–Trinajstić information content (AvgIpc) is 3.02. The summed E-state index contributed by atoms with van der Waals surface area (Å²) in [5, 5.41) is 21.9. The van der Waals surface area contributed by atoms with Gasteiger partial charge in [-0.05, 0) is 28.5 Å². The number of fused-ring (bicyclic) bond motifs is 1. The zero-order valence-electron chi connectivity index (χ0n) is 13.4. The maximum atomic E-state index is 11.8. The highest BCUT2D eigenvalue weighted by Crippen LogP contribution is 2.19. The minimum atomic E-state index is -0.753. The zero-order valence-corrected chi connectivity index (χ0v) is 13.4. The van der Waals surface area contributed by atoms with E-state index in [-0.39, 0.29) is 12.6 Å². The van der Waals surface area contributed by atoms with Crippen molar-refractivity contribution in [2.45, 2.75) is 12.6 Å². The van der Waals surface area contributed by atoms with E-state index in [9.17, 15) is 9.90 Å². The van der Waals surface area contributed by atoms with Crippen LogP contribution in [0.2, 0.25) is 0 Å². The molecule has 1 atom stereocenters. The van der Waals surface area contributed by atoms with Crippen molar-refractivity contribution in [1.82, 2.24) is 20.4 Å². The Bertz CT molecular complexity index is 844. The number of rotatable bonds is 5. The van der Waals surface area contributed by atoms with Crippen LogP contribution in [0, 0.1) is 0 Å². The number of nitrogens with one attached hydrogen (secondary N) is 2. The van der Waals surface area contributed by atoms with E-state index in [1.54, 1.807) is 10.9 Å². The van der Waals surface area contributed by atoms with E-state index < -0.39 is 6.10 Å². The number of aliphatic hydroxyl groups excluding tert-OH is 1. The fourth-order valence-corrected chi connectivity index (χ4v) is 2.53. The van der Waals surface area contributed by atoms with Crippen LogP contribution in [0.25, 0.3) is 10.8 Å². The van der Waals surface area contributed by atoms with Crippen molar-refractivity contribution in [2.24, 2.45) is 7.05 Å². The van der Waals surface area contributed by atoms with Crippen molar-refractivity contribution >= 4 is 16.8 Å². The standard InChI is InChI=1S/C18H20N4O2/c1-22-16(8-9-21-22)11-19-18(24)20-12-17(23)15-7-6-13-4-2-3-5-14(13)10-15/h2-10,17,23H,11-12H2,1H3,(H2,19,20,24). The van der Waals surface area contributed by atoms with Gasteiger partial charge >= 0.3 is 6.03 Å². The van der Waals surface area contributed by atoms with Crippen LogP contribution in [0.15, 0.2) is 54.7 Å². The van der Waals surface area contributed by atoms with Crippen LogP contribution in [-0.2, 0) is 13.6 Å². The molecule has 0 saturated heterocycles. The van der Waals surface area contributed by atoms with E-state index in [2.05, 4.69) is 15.7 Å². The number of nitrogens with zero attached hydrogens (tertiary/aromatic N) is 2. The molecular formula is C18H20N4O2. The summed E-state index contributed by atoms with van der Waals surface area (Å²) in [5.41, 5.74) is 1.68. The van der Waals surface area contributed by atoms with Crippen molar-refractivity contribution in [3.63, 3.8) is 0 Å². The van der Waals surface area contributed by atoms with Crippen molar-refractivity contribution < 1.29 is 9.90 Å². The highest BCUT2D eigenvalue weighted by atomic mass is 16.3. The number of benzene rings is 2. The predicted octanol–water partition coefficient (Wildman–Crippen LogP) is 2.11. The number of urea groups is 1. The highest BCUT2D eigenvalue weighted by Gasteiger charge is 2.10. The summed E-state index contributed by atoms with van der Waals surface area (Å²) in [5.74, 6) is 0. The monoisotopic (exact) mass is 324 g/mol. The summed E-state index contributed by atoms with van der Waals surface area (Å²) in [7, 11) is 1.82. The Morgan fingerprint density at radius 1 is 1.17 bits per heavy atom. The van der Waals surface area contributed by atoms with E-state index in [0.29, 0.717) is 6.54 Å². The summed E-state index contributed by atoms with van der Waals surface area (Å²) >= 11 is 0. The van der Waals surface area contributed by atoms with Crippen LogP contribution < -0.4 is 10.6 Å². The van der Waals surface area contributed by atoms with Gasteiger partial charge in [0, 0.05) is 19.8 Å². The Labute approximate surface area is 140 Å². The second kappa shape index (κ2) is 7.14. The largest absolute Gasteiger partial charge is 0.387 e. The van der Waals surface area contributed by atoms with Gasteiger partial charge in [0.05, 0.1) is 18.3 Å². The van der Waals surface area contributed by atoms with Crippen molar-refractivity contribution in [1.29, 1.82) is 0 Å². The second-order valence-corrected chi connectivity index (χ2v) is 5.63.